The van der Waals surface area contributed by atoms with E-state index in [1.165, 1.54) is 6.33 Å². The first-order valence-electron chi connectivity index (χ1n) is 8.61. The first kappa shape index (κ1) is 17.3. The van der Waals surface area contributed by atoms with E-state index < -0.39 is 0 Å². The molecular weight excluding hydrogens is 354 g/mol. The van der Waals surface area contributed by atoms with Crippen molar-refractivity contribution in [2.45, 2.75) is 6.92 Å². The molecule has 0 saturated carbocycles. The van der Waals surface area contributed by atoms with Gasteiger partial charge in [-0.2, -0.15) is 0 Å². The van der Waals surface area contributed by atoms with Crippen LogP contribution >= 0.6 is 0 Å². The molecule has 138 valence electrons. The molecule has 1 amide bonds. The molecule has 0 bridgehead atoms. The number of aryl methyl sites for hydroxylation is 1. The average Bonchev–Trinajstić information content (AvgIpc) is 3.16. The number of nitrogens with zero attached hydrogens (tertiary/aromatic N) is 5. The van der Waals surface area contributed by atoms with E-state index in [0.29, 0.717) is 17.2 Å². The highest BCUT2D eigenvalue weighted by Crippen LogP contribution is 2.19. The van der Waals surface area contributed by atoms with Gasteiger partial charge in [-0.3, -0.25) is 14.3 Å². The molecule has 0 atom stereocenters. The van der Waals surface area contributed by atoms with Gasteiger partial charge in [0, 0.05) is 36.0 Å². The molecule has 0 aliphatic heterocycles. The number of aromatic nitrogens is 5. The van der Waals surface area contributed by atoms with Crippen molar-refractivity contribution in [1.82, 2.24) is 24.5 Å². The predicted octanol–water partition coefficient (Wildman–Crippen LogP) is 3.36. The molecule has 3 aromatic heterocycles. The van der Waals surface area contributed by atoms with Crippen molar-refractivity contribution < 1.29 is 4.79 Å². The second kappa shape index (κ2) is 7.67. The maximum Gasteiger partial charge on any atom is 0.274 e. The van der Waals surface area contributed by atoms with Crippen LogP contribution in [0.15, 0.2) is 73.4 Å². The molecule has 0 aliphatic carbocycles. The van der Waals surface area contributed by atoms with Crippen LogP contribution in [0, 0.1) is 6.92 Å². The van der Waals surface area contributed by atoms with E-state index in [0.717, 1.165) is 17.3 Å². The van der Waals surface area contributed by atoms with E-state index >= 15 is 0 Å². The lowest BCUT2D eigenvalue weighted by Gasteiger charge is -2.09. The maximum absolute atomic E-state index is 12.2. The minimum absolute atomic E-state index is 0.252. The summed E-state index contributed by atoms with van der Waals surface area (Å²) in [7, 11) is 0. The van der Waals surface area contributed by atoms with E-state index in [4.69, 9.17) is 0 Å². The van der Waals surface area contributed by atoms with Gasteiger partial charge < -0.3 is 10.6 Å². The number of rotatable bonds is 5. The van der Waals surface area contributed by atoms with E-state index in [1.807, 2.05) is 48.0 Å². The Balaban J connectivity index is 1.45. The molecule has 4 rings (SSSR count). The lowest BCUT2D eigenvalue weighted by molar-refractivity contribution is 0.102. The zero-order valence-corrected chi connectivity index (χ0v) is 15.1. The molecule has 2 N–H and O–H groups in total. The molecule has 4 aromatic rings. The summed E-state index contributed by atoms with van der Waals surface area (Å²) >= 11 is 0. The molecular formula is C20H17N7O. The van der Waals surface area contributed by atoms with Gasteiger partial charge in [0.15, 0.2) is 0 Å². The monoisotopic (exact) mass is 371 g/mol. The largest absolute Gasteiger partial charge is 0.340 e. The first-order valence-corrected chi connectivity index (χ1v) is 8.61. The number of anilines is 3. The third-order valence-corrected chi connectivity index (χ3v) is 4.04. The lowest BCUT2D eigenvalue weighted by atomic mass is 10.2. The van der Waals surface area contributed by atoms with Gasteiger partial charge in [0.05, 0.1) is 0 Å². The zero-order chi connectivity index (χ0) is 19.3. The van der Waals surface area contributed by atoms with Crippen LogP contribution < -0.4 is 10.6 Å². The van der Waals surface area contributed by atoms with Crippen LogP contribution in [0.25, 0.3) is 5.82 Å². The summed E-state index contributed by atoms with van der Waals surface area (Å²) in [6.45, 7) is 1.91. The third-order valence-electron chi connectivity index (χ3n) is 4.04. The number of carbonyl (C=O) groups excluding carboxylic acids is 1. The van der Waals surface area contributed by atoms with Crippen molar-refractivity contribution >= 4 is 23.1 Å². The molecule has 8 nitrogen and oxygen atoms in total. The van der Waals surface area contributed by atoms with Crippen molar-refractivity contribution in [2.75, 3.05) is 10.6 Å². The van der Waals surface area contributed by atoms with E-state index in [-0.39, 0.29) is 5.91 Å². The fourth-order valence-corrected chi connectivity index (χ4v) is 2.64. The normalized spacial score (nSPS) is 10.5. The number of amides is 1. The molecule has 1 aromatic carbocycles. The Bertz CT molecular complexity index is 1090. The standard InChI is InChI=1S/C20H17N7O/c1-14-21-10-11-27(14)19-12-18(23-13-24-19)25-15-5-7-16(8-6-15)26-20(28)17-4-2-3-9-22-17/h2-13H,1H3,(H,26,28)(H,23,24,25). The molecule has 3 heterocycles. The fourth-order valence-electron chi connectivity index (χ4n) is 2.64. The van der Waals surface area contributed by atoms with Crippen LogP contribution in [0.2, 0.25) is 0 Å². The molecule has 0 aliphatic rings. The molecule has 0 radical (unpaired) electrons. The summed E-state index contributed by atoms with van der Waals surface area (Å²) in [6.07, 6.45) is 6.66. The van der Waals surface area contributed by atoms with Gasteiger partial charge in [-0.05, 0) is 43.3 Å². The third kappa shape index (κ3) is 3.85. The number of pyridine rings is 1. The van der Waals surface area contributed by atoms with Gasteiger partial charge in [0.1, 0.15) is 29.5 Å². The smallest absolute Gasteiger partial charge is 0.274 e. The minimum Gasteiger partial charge on any atom is -0.340 e. The maximum atomic E-state index is 12.2. The van der Waals surface area contributed by atoms with Crippen molar-refractivity contribution in [1.29, 1.82) is 0 Å². The Morgan fingerprint density at radius 1 is 0.929 bits per heavy atom. The molecule has 0 unspecified atom stereocenters. The fraction of sp³-hybridized carbons (Fsp3) is 0.0500. The summed E-state index contributed by atoms with van der Waals surface area (Å²) in [4.78, 5) is 28.9. The van der Waals surface area contributed by atoms with Crippen LogP contribution in [0.1, 0.15) is 16.3 Å². The average molecular weight is 371 g/mol. The van der Waals surface area contributed by atoms with Gasteiger partial charge in [0.25, 0.3) is 5.91 Å². The highest BCUT2D eigenvalue weighted by Gasteiger charge is 2.07. The Kier molecular flexibility index (Phi) is 4.75. The zero-order valence-electron chi connectivity index (χ0n) is 15.1. The lowest BCUT2D eigenvalue weighted by Crippen LogP contribution is -2.13. The van der Waals surface area contributed by atoms with Crippen molar-refractivity contribution in [2.24, 2.45) is 0 Å². The molecule has 8 heteroatoms. The highest BCUT2D eigenvalue weighted by atomic mass is 16.1. The van der Waals surface area contributed by atoms with Gasteiger partial charge in [-0.25, -0.2) is 15.0 Å². The summed E-state index contributed by atoms with van der Waals surface area (Å²) in [5, 5.41) is 6.05. The summed E-state index contributed by atoms with van der Waals surface area (Å²) in [6, 6.07) is 14.4. The van der Waals surface area contributed by atoms with Crippen LogP contribution in [0.3, 0.4) is 0 Å². The highest BCUT2D eigenvalue weighted by molar-refractivity contribution is 6.02. The van der Waals surface area contributed by atoms with Crippen LogP contribution in [-0.4, -0.2) is 30.4 Å². The summed E-state index contributed by atoms with van der Waals surface area (Å²) < 4.78 is 1.88. The second-order valence-corrected chi connectivity index (χ2v) is 5.98. The number of benzene rings is 1. The van der Waals surface area contributed by atoms with Gasteiger partial charge >= 0.3 is 0 Å². The van der Waals surface area contributed by atoms with Crippen molar-refractivity contribution in [3.05, 3.63) is 85.0 Å². The quantitative estimate of drug-likeness (QED) is 0.558. The Morgan fingerprint density at radius 3 is 2.46 bits per heavy atom. The number of imidazole rings is 1. The molecule has 28 heavy (non-hydrogen) atoms. The SMILES string of the molecule is Cc1nccn1-c1cc(Nc2ccc(NC(=O)c3ccccn3)cc2)ncn1. The van der Waals surface area contributed by atoms with Gasteiger partial charge in [0.2, 0.25) is 0 Å². The number of hydrogen-bond donors (Lipinski definition) is 2. The van der Waals surface area contributed by atoms with E-state index in [2.05, 4.69) is 30.6 Å². The Hall–Kier alpha value is -4.07. The topological polar surface area (TPSA) is 97.6 Å². The summed E-state index contributed by atoms with van der Waals surface area (Å²) in [5.41, 5.74) is 1.88. The van der Waals surface area contributed by atoms with Gasteiger partial charge in [-0.15, -0.1) is 0 Å². The number of hydrogen-bond acceptors (Lipinski definition) is 6. The van der Waals surface area contributed by atoms with Crippen LogP contribution in [0.4, 0.5) is 17.2 Å². The Morgan fingerprint density at radius 2 is 1.75 bits per heavy atom. The summed E-state index contributed by atoms with van der Waals surface area (Å²) in [5.74, 6) is 1.98. The molecule has 0 spiro atoms. The second-order valence-electron chi connectivity index (χ2n) is 5.98. The van der Waals surface area contributed by atoms with Crippen molar-refractivity contribution in [3.8, 4) is 5.82 Å². The first-order chi connectivity index (χ1) is 13.7. The van der Waals surface area contributed by atoms with Crippen molar-refractivity contribution in [3.63, 3.8) is 0 Å². The van der Waals surface area contributed by atoms with Crippen LogP contribution in [-0.2, 0) is 0 Å². The number of carbonyl (C=O) groups is 1. The number of nitrogens with one attached hydrogen (secondary N) is 2. The molecule has 0 fully saturated rings. The van der Waals surface area contributed by atoms with Gasteiger partial charge in [-0.1, -0.05) is 6.07 Å². The van der Waals surface area contributed by atoms with E-state index in [9.17, 15) is 4.79 Å². The van der Waals surface area contributed by atoms with E-state index in [1.54, 1.807) is 30.6 Å². The van der Waals surface area contributed by atoms with Crippen LogP contribution in [0.5, 0.6) is 0 Å². The minimum atomic E-state index is -0.252. The molecule has 0 saturated heterocycles. The predicted molar refractivity (Wildman–Crippen MR) is 106 cm³/mol. The Labute approximate surface area is 161 Å².